The molecule has 3 aliphatic carbocycles. The van der Waals surface area contributed by atoms with Crippen molar-refractivity contribution in [3.05, 3.63) is 108 Å². The molecule has 3 fully saturated rings. The van der Waals surface area contributed by atoms with Crippen LogP contribution in [0.4, 0.5) is 0 Å². The van der Waals surface area contributed by atoms with Crippen molar-refractivity contribution in [1.29, 1.82) is 0 Å². The van der Waals surface area contributed by atoms with Crippen LogP contribution in [0.25, 0.3) is 0 Å². The van der Waals surface area contributed by atoms with Gasteiger partial charge in [0.2, 0.25) is 11.8 Å². The molecule has 3 aromatic rings. The van der Waals surface area contributed by atoms with Crippen molar-refractivity contribution in [2.24, 2.45) is 17.8 Å². The van der Waals surface area contributed by atoms with Gasteiger partial charge in [0.15, 0.2) is 17.3 Å². The maximum atomic E-state index is 12.0. The second-order valence-electron chi connectivity index (χ2n) is 14.5. The molecule has 3 N–H and O–H groups in total. The van der Waals surface area contributed by atoms with Gasteiger partial charge in [0.25, 0.3) is 5.91 Å². The Morgan fingerprint density at radius 3 is 0.955 bits per heavy atom. The first kappa shape index (κ1) is 65.4. The van der Waals surface area contributed by atoms with Gasteiger partial charge >= 0.3 is 0 Å². The molecule has 0 radical (unpaired) electrons. The zero-order valence-electron chi connectivity index (χ0n) is 43.6. The quantitative estimate of drug-likeness (QED) is 0.155. The summed E-state index contributed by atoms with van der Waals surface area (Å²) in [5.74, 6) is 0.529. The molecule has 3 aliphatic rings. The first-order valence-electron chi connectivity index (χ1n) is 25.9. The highest BCUT2D eigenvalue weighted by Gasteiger charge is 2.25. The Kier molecular flexibility index (Phi) is 46.2. The van der Waals surface area contributed by atoms with Gasteiger partial charge in [0.1, 0.15) is 0 Å². The fourth-order valence-electron chi connectivity index (χ4n) is 7.23. The largest absolute Gasteiger partial charge is 0.349 e. The van der Waals surface area contributed by atoms with Crippen molar-refractivity contribution < 1.29 is 28.8 Å². The lowest BCUT2D eigenvalue weighted by Crippen LogP contribution is -2.37. The van der Waals surface area contributed by atoms with Gasteiger partial charge < -0.3 is 16.0 Å². The predicted molar refractivity (Wildman–Crippen MR) is 279 cm³/mol. The van der Waals surface area contributed by atoms with E-state index in [0.29, 0.717) is 16.7 Å². The second-order valence-corrected chi connectivity index (χ2v) is 14.5. The van der Waals surface area contributed by atoms with Gasteiger partial charge in [-0.3, -0.25) is 28.8 Å². The topological polar surface area (TPSA) is 139 Å². The standard InChI is InChI=1S/C15H25NO2.C15H19NO2.C15H13NO2.6C2H6/c3*17-14(12-7-3-1-4-8-12)11-16-15(18)13-9-5-2-6-10-13;6*1-2/h12-13H,1-11H2,(H,16,18);1,3-4,7-8,13H,2,5-6,9-11H2,(H,16,18);1-10H,11H2,(H,16,18);6*1-2H3. The molecule has 0 heterocycles. The fraction of sp³-hybridized carbons (Fsp3) is 0.579. The number of carbonyl (C=O) groups excluding carboxylic acids is 6. The minimum absolute atomic E-state index is 0.0116. The summed E-state index contributed by atoms with van der Waals surface area (Å²) in [4.78, 5) is 71.1. The molecule has 9 nitrogen and oxygen atoms in total. The molecule has 0 bridgehead atoms. The molecule has 372 valence electrons. The normalized spacial score (nSPS) is 13.8. The molecule has 66 heavy (non-hydrogen) atoms. The molecular weight excluding hydrogens is 823 g/mol. The Morgan fingerprint density at radius 2 is 0.621 bits per heavy atom. The summed E-state index contributed by atoms with van der Waals surface area (Å²) < 4.78 is 0. The van der Waals surface area contributed by atoms with Gasteiger partial charge in [0, 0.05) is 34.4 Å². The molecule has 9 heteroatoms. The highest BCUT2D eigenvalue weighted by molar-refractivity contribution is 6.02. The average molecular weight is 916 g/mol. The van der Waals surface area contributed by atoms with Crippen LogP contribution in [0, 0.1) is 17.8 Å². The van der Waals surface area contributed by atoms with E-state index in [2.05, 4.69) is 16.0 Å². The third-order valence-electron chi connectivity index (χ3n) is 10.5. The molecule has 3 amide bonds. The maximum absolute atomic E-state index is 12.0. The molecule has 0 spiro atoms. The van der Waals surface area contributed by atoms with Gasteiger partial charge in [-0.2, -0.15) is 0 Å². The van der Waals surface area contributed by atoms with Crippen molar-refractivity contribution in [3.63, 3.8) is 0 Å². The number of rotatable bonds is 12. The Bertz CT molecular complexity index is 1530. The summed E-state index contributed by atoms with van der Waals surface area (Å²) in [5.41, 5.74) is 1.81. The molecule has 0 saturated heterocycles. The fourth-order valence-corrected chi connectivity index (χ4v) is 7.23. The molecule has 0 aromatic heterocycles. The van der Waals surface area contributed by atoms with E-state index in [0.717, 1.165) is 64.2 Å². The van der Waals surface area contributed by atoms with Crippen LogP contribution in [0.15, 0.2) is 91.0 Å². The number of hydrogen-bond donors (Lipinski definition) is 3. The van der Waals surface area contributed by atoms with Crippen molar-refractivity contribution in [3.8, 4) is 0 Å². The lowest BCUT2D eigenvalue weighted by Gasteiger charge is -2.23. The smallest absolute Gasteiger partial charge is 0.251 e. The van der Waals surface area contributed by atoms with E-state index in [1.807, 2.05) is 113 Å². The molecule has 0 atom stereocenters. The number of amides is 3. The minimum Gasteiger partial charge on any atom is -0.349 e. The lowest BCUT2D eigenvalue weighted by molar-refractivity contribution is -0.130. The van der Waals surface area contributed by atoms with E-state index in [1.165, 1.54) is 32.1 Å². The van der Waals surface area contributed by atoms with Crippen LogP contribution in [0.2, 0.25) is 0 Å². The molecule has 6 rings (SSSR count). The van der Waals surface area contributed by atoms with E-state index in [4.69, 9.17) is 0 Å². The van der Waals surface area contributed by atoms with E-state index in [9.17, 15) is 28.8 Å². The number of benzene rings is 3. The number of Topliss-reactive ketones (excluding diaryl/α,β-unsaturated/α-hetero) is 3. The Hall–Kier alpha value is -4.92. The summed E-state index contributed by atoms with van der Waals surface area (Å²) in [7, 11) is 0. The van der Waals surface area contributed by atoms with Crippen molar-refractivity contribution in [2.45, 2.75) is 179 Å². The van der Waals surface area contributed by atoms with Crippen LogP contribution in [-0.2, 0) is 14.4 Å². The predicted octanol–water partition coefficient (Wildman–Crippen LogP) is 13.9. The van der Waals surface area contributed by atoms with E-state index in [-0.39, 0.29) is 72.5 Å². The zero-order valence-corrected chi connectivity index (χ0v) is 43.6. The third kappa shape index (κ3) is 29.6. The van der Waals surface area contributed by atoms with E-state index >= 15 is 0 Å². The van der Waals surface area contributed by atoms with Crippen LogP contribution in [0.3, 0.4) is 0 Å². The van der Waals surface area contributed by atoms with Crippen LogP contribution in [0.5, 0.6) is 0 Å². The van der Waals surface area contributed by atoms with Crippen LogP contribution in [-0.4, -0.2) is 54.7 Å². The summed E-state index contributed by atoms with van der Waals surface area (Å²) in [6, 6.07) is 26.8. The number of nitrogens with one attached hydrogen (secondary N) is 3. The first-order chi connectivity index (χ1) is 32.3. The highest BCUT2D eigenvalue weighted by Crippen LogP contribution is 2.26. The summed E-state index contributed by atoms with van der Waals surface area (Å²) in [6.45, 7) is 24.4. The molecule has 3 aromatic carbocycles. The van der Waals surface area contributed by atoms with E-state index in [1.54, 1.807) is 60.7 Å². The Labute approximate surface area is 402 Å². The molecule has 0 unspecified atom stereocenters. The van der Waals surface area contributed by atoms with Gasteiger partial charge in [-0.05, 0) is 50.7 Å². The minimum atomic E-state index is -0.236. The number of ketones is 3. The maximum Gasteiger partial charge on any atom is 0.251 e. The zero-order chi connectivity index (χ0) is 50.4. The van der Waals surface area contributed by atoms with Crippen LogP contribution < -0.4 is 16.0 Å². The second kappa shape index (κ2) is 46.6. The van der Waals surface area contributed by atoms with Gasteiger partial charge in [-0.25, -0.2) is 0 Å². The summed E-state index contributed by atoms with van der Waals surface area (Å²) in [6.07, 6.45) is 16.7. The Balaban J connectivity index is -0.000000807. The number of hydrogen-bond acceptors (Lipinski definition) is 6. The van der Waals surface area contributed by atoms with Gasteiger partial charge in [0.05, 0.1) is 19.6 Å². The van der Waals surface area contributed by atoms with Gasteiger partial charge in [-0.15, -0.1) is 0 Å². The lowest BCUT2D eigenvalue weighted by atomic mass is 9.86. The SMILES string of the molecule is CC.CC.CC.CC.CC.CC.O=C(CNC(=O)C1CCCCC1)C1CCCCC1.O=C(CNC(=O)C1CCCCC1)c1ccccc1.O=C(CNC(=O)c1ccccc1)c1ccccc1. The Morgan fingerprint density at radius 1 is 0.348 bits per heavy atom. The van der Waals surface area contributed by atoms with E-state index < -0.39 is 0 Å². The average Bonchev–Trinajstić information content (AvgIpc) is 3.43. The highest BCUT2D eigenvalue weighted by atomic mass is 16.2. The third-order valence-corrected chi connectivity index (χ3v) is 10.5. The summed E-state index contributed by atoms with van der Waals surface area (Å²) in [5, 5.41) is 8.23. The first-order valence-corrected chi connectivity index (χ1v) is 25.9. The van der Waals surface area contributed by atoms with Crippen molar-refractivity contribution >= 4 is 35.1 Å². The van der Waals surface area contributed by atoms with Gasteiger partial charge in [-0.1, -0.05) is 220 Å². The van der Waals surface area contributed by atoms with Crippen LogP contribution >= 0.6 is 0 Å². The number of carbonyl (C=O) groups is 6. The molecule has 3 saturated carbocycles. The summed E-state index contributed by atoms with van der Waals surface area (Å²) >= 11 is 0. The van der Waals surface area contributed by atoms with Crippen molar-refractivity contribution in [2.75, 3.05) is 19.6 Å². The van der Waals surface area contributed by atoms with Crippen molar-refractivity contribution in [1.82, 2.24) is 16.0 Å². The monoisotopic (exact) mass is 916 g/mol. The van der Waals surface area contributed by atoms with Crippen LogP contribution in [0.1, 0.15) is 210 Å². The molecular formula is C57H93N3O6. The molecule has 0 aliphatic heterocycles.